The molecule has 34 heavy (non-hydrogen) atoms. The molecule has 0 saturated carbocycles. The Morgan fingerprint density at radius 1 is 1.18 bits per heavy atom. The molecule has 2 heterocycles. The van der Waals surface area contributed by atoms with Crippen LogP contribution in [0.3, 0.4) is 0 Å². The molecule has 1 aliphatic rings. The number of nitrogens with two attached hydrogens (primary N) is 1. The van der Waals surface area contributed by atoms with Crippen LogP contribution in [0, 0.1) is 13.8 Å². The van der Waals surface area contributed by atoms with E-state index in [9.17, 15) is 14.4 Å². The first-order valence-electron chi connectivity index (χ1n) is 10.5. The molecule has 1 atom stereocenters. The van der Waals surface area contributed by atoms with Crippen molar-refractivity contribution in [1.82, 2.24) is 4.98 Å². The summed E-state index contributed by atoms with van der Waals surface area (Å²) in [5.74, 6) is -1.92. The molecule has 174 valence electrons. The predicted octanol–water partition coefficient (Wildman–Crippen LogP) is 3.03. The number of rotatable bonds is 7. The summed E-state index contributed by atoms with van der Waals surface area (Å²) in [5.41, 5.74) is 10.1. The van der Waals surface area contributed by atoms with Crippen molar-refractivity contribution in [2.75, 3.05) is 16.9 Å². The topological polar surface area (TPSA) is 127 Å². The van der Waals surface area contributed by atoms with Gasteiger partial charge in [0.05, 0.1) is 11.4 Å². The number of nitrogens with zero attached hydrogens (tertiary/aromatic N) is 3. The predicted molar refractivity (Wildman–Crippen MR) is 131 cm³/mol. The summed E-state index contributed by atoms with van der Waals surface area (Å²) in [4.78, 5) is 41.1. The van der Waals surface area contributed by atoms with Crippen molar-refractivity contribution < 1.29 is 19.1 Å². The van der Waals surface area contributed by atoms with Crippen LogP contribution in [0.5, 0.6) is 0 Å². The Kier molecular flexibility index (Phi) is 6.69. The summed E-state index contributed by atoms with van der Waals surface area (Å²) in [5, 5.41) is 10.5. The second-order valence-corrected chi connectivity index (χ2v) is 8.69. The molecule has 10 heteroatoms. The lowest BCUT2D eigenvalue weighted by atomic mass is 10.0. The van der Waals surface area contributed by atoms with Gasteiger partial charge in [0.25, 0.3) is 5.91 Å². The smallest absolute Gasteiger partial charge is 0.355 e. The molecule has 4 rings (SSSR count). The number of ether oxygens (including phenoxy) is 1. The lowest BCUT2D eigenvalue weighted by molar-refractivity contribution is -0.140. The number of para-hydroxylation sites is 1. The van der Waals surface area contributed by atoms with Crippen molar-refractivity contribution in [2.24, 2.45) is 10.8 Å². The van der Waals surface area contributed by atoms with E-state index in [0.717, 1.165) is 22.4 Å². The molecular formula is C24H23N5O4S. The van der Waals surface area contributed by atoms with Crippen LogP contribution in [-0.2, 0) is 19.1 Å². The summed E-state index contributed by atoms with van der Waals surface area (Å²) < 4.78 is 5.11. The zero-order chi connectivity index (χ0) is 24.2. The van der Waals surface area contributed by atoms with Crippen LogP contribution in [0.2, 0.25) is 0 Å². The molecule has 1 unspecified atom stereocenters. The van der Waals surface area contributed by atoms with Gasteiger partial charge in [0, 0.05) is 17.4 Å². The molecule has 3 N–H and O–H groups in total. The highest BCUT2D eigenvalue weighted by molar-refractivity contribution is 7.14. The first-order chi connectivity index (χ1) is 16.3. The summed E-state index contributed by atoms with van der Waals surface area (Å²) in [6, 6.07) is 14.2. The highest BCUT2D eigenvalue weighted by Crippen LogP contribution is 2.28. The van der Waals surface area contributed by atoms with Gasteiger partial charge >= 0.3 is 5.97 Å². The number of hydrogen-bond acceptors (Lipinski definition) is 8. The first kappa shape index (κ1) is 23.1. The van der Waals surface area contributed by atoms with Gasteiger partial charge in [0.2, 0.25) is 5.91 Å². The number of carbonyl (C=O) groups is 3. The van der Waals surface area contributed by atoms with Crippen molar-refractivity contribution in [1.29, 1.82) is 0 Å². The Labute approximate surface area is 200 Å². The van der Waals surface area contributed by atoms with Crippen LogP contribution >= 0.6 is 11.3 Å². The molecule has 0 radical (unpaired) electrons. The van der Waals surface area contributed by atoms with E-state index in [2.05, 4.69) is 15.4 Å². The maximum absolute atomic E-state index is 12.5. The summed E-state index contributed by atoms with van der Waals surface area (Å²) in [6.07, 6.45) is -0.00361. The fourth-order valence-corrected chi connectivity index (χ4v) is 4.24. The fraction of sp³-hybridized carbons (Fsp3) is 0.208. The maximum Gasteiger partial charge on any atom is 0.355 e. The quantitative estimate of drug-likeness (QED) is 0.504. The molecule has 1 aliphatic heterocycles. The lowest BCUT2D eigenvalue weighted by Crippen LogP contribution is -2.39. The largest absolute Gasteiger partial charge is 0.451 e. The number of aryl methyl sites for hydroxylation is 2. The fourth-order valence-electron chi connectivity index (χ4n) is 3.51. The van der Waals surface area contributed by atoms with Gasteiger partial charge in [-0.3, -0.25) is 19.9 Å². The highest BCUT2D eigenvalue weighted by Gasteiger charge is 2.35. The Bertz CT molecular complexity index is 1270. The Hall–Kier alpha value is -4.05. The summed E-state index contributed by atoms with van der Waals surface area (Å²) >= 11 is 1.28. The third-order valence-corrected chi connectivity index (χ3v) is 6.01. The van der Waals surface area contributed by atoms with Crippen molar-refractivity contribution in [3.8, 4) is 11.3 Å². The van der Waals surface area contributed by atoms with Crippen molar-refractivity contribution in [3.05, 3.63) is 65.0 Å². The van der Waals surface area contributed by atoms with Gasteiger partial charge in [-0.05, 0) is 37.6 Å². The summed E-state index contributed by atoms with van der Waals surface area (Å²) in [6.45, 7) is 3.49. The summed E-state index contributed by atoms with van der Waals surface area (Å²) in [7, 11) is 0. The third-order valence-electron chi connectivity index (χ3n) is 5.25. The minimum absolute atomic E-state index is 0.00361. The van der Waals surface area contributed by atoms with Gasteiger partial charge < -0.3 is 10.5 Å². The molecule has 9 nitrogen and oxygen atoms in total. The normalized spacial score (nSPS) is 15.1. The number of nitrogens with one attached hydrogen (secondary N) is 1. The first-order valence-corrected chi connectivity index (χ1v) is 11.4. The molecule has 0 aliphatic carbocycles. The van der Waals surface area contributed by atoms with Gasteiger partial charge in [0.15, 0.2) is 11.7 Å². The van der Waals surface area contributed by atoms with E-state index in [-0.39, 0.29) is 12.1 Å². The van der Waals surface area contributed by atoms with E-state index in [1.807, 2.05) is 43.5 Å². The molecule has 0 saturated heterocycles. The Morgan fingerprint density at radius 3 is 2.68 bits per heavy atom. The van der Waals surface area contributed by atoms with E-state index in [4.69, 9.17) is 10.5 Å². The number of anilines is 2. The van der Waals surface area contributed by atoms with Gasteiger partial charge in [-0.15, -0.1) is 11.3 Å². The van der Waals surface area contributed by atoms with Crippen molar-refractivity contribution >= 4 is 45.7 Å². The molecule has 2 amide bonds. The number of aromatic nitrogens is 1. The highest BCUT2D eigenvalue weighted by atomic mass is 32.1. The van der Waals surface area contributed by atoms with Crippen LogP contribution in [-0.4, -0.2) is 41.1 Å². The number of thiazole rings is 1. The van der Waals surface area contributed by atoms with Crippen LogP contribution < -0.4 is 16.1 Å². The molecule has 2 aromatic carbocycles. The van der Waals surface area contributed by atoms with Gasteiger partial charge in [-0.25, -0.2) is 9.78 Å². The Balaban J connectivity index is 1.36. The monoisotopic (exact) mass is 477 g/mol. The number of hydrazone groups is 1. The lowest BCUT2D eigenvalue weighted by Gasteiger charge is -2.20. The molecule has 3 aromatic rings. The number of amides is 2. The number of carbonyl (C=O) groups excluding carboxylic acids is 3. The number of primary amides is 1. The van der Waals surface area contributed by atoms with E-state index in [1.165, 1.54) is 16.3 Å². The van der Waals surface area contributed by atoms with Crippen LogP contribution in [0.1, 0.15) is 17.5 Å². The minimum atomic E-state index is -0.808. The number of esters is 1. The second-order valence-electron chi connectivity index (χ2n) is 7.83. The second kappa shape index (κ2) is 9.84. The molecule has 0 fully saturated rings. The van der Waals surface area contributed by atoms with Crippen LogP contribution in [0.25, 0.3) is 11.3 Å². The SMILES string of the molecule is Cc1ccc(C)c(-c2csc(NC(=O)COC(=O)C3=NN(c4ccccc4)C(C(N)=O)C3)n2)c1. The zero-order valence-corrected chi connectivity index (χ0v) is 19.5. The van der Waals surface area contributed by atoms with Crippen LogP contribution in [0.4, 0.5) is 10.8 Å². The number of hydrogen-bond donors (Lipinski definition) is 2. The Morgan fingerprint density at radius 2 is 1.94 bits per heavy atom. The van der Waals surface area contributed by atoms with E-state index < -0.39 is 30.4 Å². The minimum Gasteiger partial charge on any atom is -0.451 e. The molecule has 0 spiro atoms. The molecular weight excluding hydrogens is 454 g/mol. The van der Waals surface area contributed by atoms with E-state index in [1.54, 1.807) is 24.3 Å². The van der Waals surface area contributed by atoms with Gasteiger partial charge in [-0.1, -0.05) is 35.9 Å². The van der Waals surface area contributed by atoms with Gasteiger partial charge in [0.1, 0.15) is 11.8 Å². The number of benzene rings is 2. The van der Waals surface area contributed by atoms with Gasteiger partial charge in [-0.2, -0.15) is 5.10 Å². The van der Waals surface area contributed by atoms with Crippen LogP contribution in [0.15, 0.2) is 59.0 Å². The molecule has 1 aromatic heterocycles. The zero-order valence-electron chi connectivity index (χ0n) is 18.6. The van der Waals surface area contributed by atoms with Crippen molar-refractivity contribution in [2.45, 2.75) is 26.3 Å². The van der Waals surface area contributed by atoms with E-state index in [0.29, 0.717) is 10.8 Å². The molecule has 0 bridgehead atoms. The van der Waals surface area contributed by atoms with Crippen molar-refractivity contribution in [3.63, 3.8) is 0 Å². The average molecular weight is 478 g/mol. The standard InChI is InChI=1S/C24H23N5O4S/c1-14-8-9-15(2)17(10-14)19-13-34-24(26-19)27-21(30)12-33-23(32)18-11-20(22(25)31)29(28-18)16-6-4-3-5-7-16/h3-10,13,20H,11-12H2,1-2H3,(H2,25,31)(H,26,27,30). The van der Waals surface area contributed by atoms with E-state index >= 15 is 0 Å². The maximum atomic E-state index is 12.5. The average Bonchev–Trinajstić information content (AvgIpc) is 3.47. The third kappa shape index (κ3) is 5.12.